The van der Waals surface area contributed by atoms with E-state index in [9.17, 15) is 4.79 Å². The summed E-state index contributed by atoms with van der Waals surface area (Å²) in [6.07, 6.45) is 8.86. The lowest BCUT2D eigenvalue weighted by Crippen LogP contribution is -2.10. The van der Waals surface area contributed by atoms with Gasteiger partial charge in [-0.25, -0.2) is 4.79 Å². The minimum atomic E-state index is -0.245. The molecule has 0 heterocycles. The van der Waals surface area contributed by atoms with Crippen LogP contribution in [0.1, 0.15) is 46.5 Å². The third-order valence-electron chi connectivity index (χ3n) is 2.64. The number of rotatable bonds is 10. The molecule has 0 aliphatic heterocycles. The number of hydrogen-bond donors (Lipinski definition) is 0. The van der Waals surface area contributed by atoms with Crippen LogP contribution in [0.5, 0.6) is 0 Å². The lowest BCUT2D eigenvalue weighted by molar-refractivity contribution is -0.138. The molecule has 0 saturated heterocycles. The fourth-order valence-electron chi connectivity index (χ4n) is 1.49. The smallest absolute Gasteiger partial charge is 0.333 e. The van der Waals surface area contributed by atoms with Crippen LogP contribution in [0, 0.1) is 0 Å². The highest BCUT2D eigenvalue weighted by molar-refractivity contribution is 7.57. The first-order valence-electron chi connectivity index (χ1n) is 6.66. The SMILES string of the molecule is C=C(C)C(=O)OCCP(CCCC)CCCC. The number of carbonyl (C=O) groups is 1. The second-order valence-electron chi connectivity index (χ2n) is 4.46. The van der Waals surface area contributed by atoms with E-state index in [1.807, 2.05) is 0 Å². The van der Waals surface area contributed by atoms with Gasteiger partial charge in [-0.05, 0) is 32.1 Å². The van der Waals surface area contributed by atoms with Crippen molar-refractivity contribution in [1.82, 2.24) is 0 Å². The Morgan fingerprint density at radius 1 is 1.12 bits per heavy atom. The van der Waals surface area contributed by atoms with E-state index >= 15 is 0 Å². The van der Waals surface area contributed by atoms with E-state index in [2.05, 4.69) is 20.4 Å². The van der Waals surface area contributed by atoms with Crippen molar-refractivity contribution in [2.75, 3.05) is 25.1 Å². The second-order valence-corrected chi connectivity index (χ2v) is 7.15. The predicted molar refractivity (Wildman–Crippen MR) is 77.1 cm³/mol. The molecule has 0 spiro atoms. The van der Waals surface area contributed by atoms with E-state index in [1.165, 1.54) is 38.0 Å². The molecule has 0 aliphatic carbocycles. The Morgan fingerprint density at radius 2 is 1.65 bits per heavy atom. The van der Waals surface area contributed by atoms with Crippen LogP contribution < -0.4 is 0 Å². The van der Waals surface area contributed by atoms with E-state index in [1.54, 1.807) is 6.92 Å². The zero-order chi connectivity index (χ0) is 13.1. The number of hydrogen-bond acceptors (Lipinski definition) is 2. The Hall–Kier alpha value is -0.360. The molecule has 0 fully saturated rings. The van der Waals surface area contributed by atoms with Gasteiger partial charge in [0.15, 0.2) is 0 Å². The maximum atomic E-state index is 11.2. The summed E-state index contributed by atoms with van der Waals surface area (Å²) in [7, 11) is 0.0707. The maximum Gasteiger partial charge on any atom is 0.333 e. The summed E-state index contributed by atoms with van der Waals surface area (Å²) in [6.45, 7) is 10.3. The molecular formula is C14H27O2P. The van der Waals surface area contributed by atoms with Crippen molar-refractivity contribution in [3.8, 4) is 0 Å². The van der Waals surface area contributed by atoms with E-state index in [0.717, 1.165) is 6.16 Å². The minimum absolute atomic E-state index is 0.0707. The third kappa shape index (κ3) is 9.35. The molecule has 0 amide bonds. The summed E-state index contributed by atoms with van der Waals surface area (Å²) >= 11 is 0. The number of ether oxygens (including phenoxy) is 1. The minimum Gasteiger partial charge on any atom is -0.462 e. The largest absolute Gasteiger partial charge is 0.462 e. The zero-order valence-electron chi connectivity index (χ0n) is 11.6. The van der Waals surface area contributed by atoms with Crippen molar-refractivity contribution in [1.29, 1.82) is 0 Å². The van der Waals surface area contributed by atoms with Gasteiger partial charge in [0.2, 0.25) is 0 Å². The average Bonchev–Trinajstić information content (AvgIpc) is 2.31. The van der Waals surface area contributed by atoms with Crippen molar-refractivity contribution < 1.29 is 9.53 Å². The molecule has 0 N–H and O–H groups in total. The third-order valence-corrected chi connectivity index (χ3v) is 5.36. The highest BCUT2D eigenvalue weighted by Crippen LogP contribution is 2.37. The van der Waals surface area contributed by atoms with E-state index in [-0.39, 0.29) is 13.9 Å². The number of unbranched alkanes of at least 4 members (excludes halogenated alkanes) is 2. The van der Waals surface area contributed by atoms with Gasteiger partial charge < -0.3 is 4.74 Å². The normalized spacial score (nSPS) is 10.6. The quantitative estimate of drug-likeness (QED) is 0.334. The Bertz CT molecular complexity index is 218. The van der Waals surface area contributed by atoms with Crippen molar-refractivity contribution >= 4 is 13.9 Å². The zero-order valence-corrected chi connectivity index (χ0v) is 12.5. The first kappa shape index (κ1) is 16.6. The molecule has 100 valence electrons. The molecule has 0 bridgehead atoms. The van der Waals surface area contributed by atoms with Gasteiger partial charge in [0.25, 0.3) is 0 Å². The molecule has 0 aliphatic rings. The van der Waals surface area contributed by atoms with Gasteiger partial charge in [-0.2, -0.15) is 0 Å². The van der Waals surface area contributed by atoms with Crippen molar-refractivity contribution in [3.05, 3.63) is 12.2 Å². The summed E-state index contributed by atoms with van der Waals surface area (Å²) in [6, 6.07) is 0. The number of carbonyl (C=O) groups excluding carboxylic acids is 1. The highest BCUT2D eigenvalue weighted by Gasteiger charge is 2.09. The molecule has 0 atom stereocenters. The Kier molecular flexibility index (Phi) is 10.5. The topological polar surface area (TPSA) is 26.3 Å². The molecule has 3 heteroatoms. The van der Waals surface area contributed by atoms with Gasteiger partial charge in [-0.1, -0.05) is 33.3 Å². The average molecular weight is 258 g/mol. The molecule has 0 rings (SSSR count). The van der Waals surface area contributed by atoms with Crippen molar-refractivity contribution in [2.45, 2.75) is 46.5 Å². The van der Waals surface area contributed by atoms with Gasteiger partial charge in [0, 0.05) is 11.7 Å². The molecule has 0 unspecified atom stereocenters. The van der Waals surface area contributed by atoms with Crippen molar-refractivity contribution in [3.63, 3.8) is 0 Å². The summed E-state index contributed by atoms with van der Waals surface area (Å²) in [5.41, 5.74) is 0.497. The van der Waals surface area contributed by atoms with Gasteiger partial charge in [-0.3, -0.25) is 0 Å². The summed E-state index contributed by atoms with van der Waals surface area (Å²) in [4.78, 5) is 11.2. The van der Waals surface area contributed by atoms with Crippen LogP contribution in [0.25, 0.3) is 0 Å². The van der Waals surface area contributed by atoms with Gasteiger partial charge in [0.05, 0.1) is 6.61 Å². The first-order chi connectivity index (χ1) is 8.11. The van der Waals surface area contributed by atoms with Gasteiger partial charge >= 0.3 is 5.97 Å². The van der Waals surface area contributed by atoms with E-state index in [0.29, 0.717) is 12.2 Å². The molecule has 17 heavy (non-hydrogen) atoms. The van der Waals surface area contributed by atoms with Crippen molar-refractivity contribution in [2.24, 2.45) is 0 Å². The van der Waals surface area contributed by atoms with Crippen LogP contribution in [0.3, 0.4) is 0 Å². The van der Waals surface area contributed by atoms with Crippen LogP contribution in [0.15, 0.2) is 12.2 Å². The maximum absolute atomic E-state index is 11.2. The lowest BCUT2D eigenvalue weighted by Gasteiger charge is -2.17. The van der Waals surface area contributed by atoms with Crippen LogP contribution in [0.2, 0.25) is 0 Å². The molecule has 0 aromatic heterocycles. The molecule has 0 radical (unpaired) electrons. The Labute approximate surface area is 108 Å². The molecule has 0 saturated carbocycles. The highest BCUT2D eigenvalue weighted by atomic mass is 31.1. The fourth-order valence-corrected chi connectivity index (χ4v) is 4.04. The first-order valence-corrected chi connectivity index (χ1v) is 8.56. The summed E-state index contributed by atoms with van der Waals surface area (Å²) in [5.74, 6) is -0.245. The summed E-state index contributed by atoms with van der Waals surface area (Å²) in [5, 5.41) is 0. The standard InChI is InChI=1S/C14H27O2P/c1-5-7-10-17(11-8-6-2)12-9-16-14(15)13(3)4/h3,5-12H2,1-2,4H3. The number of esters is 1. The van der Waals surface area contributed by atoms with E-state index in [4.69, 9.17) is 4.74 Å². The molecule has 0 aromatic carbocycles. The van der Waals surface area contributed by atoms with E-state index < -0.39 is 0 Å². The Morgan fingerprint density at radius 3 is 2.06 bits per heavy atom. The van der Waals surface area contributed by atoms with Crippen LogP contribution in [-0.2, 0) is 9.53 Å². The molecule has 2 nitrogen and oxygen atoms in total. The predicted octanol–water partition coefficient (Wildman–Crippen LogP) is 4.19. The van der Waals surface area contributed by atoms with Crippen LogP contribution in [0.4, 0.5) is 0 Å². The van der Waals surface area contributed by atoms with Gasteiger partial charge in [-0.15, -0.1) is 7.92 Å². The summed E-state index contributed by atoms with van der Waals surface area (Å²) < 4.78 is 5.17. The monoisotopic (exact) mass is 258 g/mol. The fraction of sp³-hybridized carbons (Fsp3) is 0.786. The molecular weight excluding hydrogens is 231 g/mol. The van der Waals surface area contributed by atoms with Crippen LogP contribution in [-0.4, -0.2) is 31.1 Å². The lowest BCUT2D eigenvalue weighted by atomic mass is 10.4. The van der Waals surface area contributed by atoms with Crippen LogP contribution >= 0.6 is 7.92 Å². The second kappa shape index (κ2) is 10.8. The Balaban J connectivity index is 3.81. The van der Waals surface area contributed by atoms with Gasteiger partial charge in [0.1, 0.15) is 0 Å². The molecule has 0 aromatic rings.